The third-order valence-electron chi connectivity index (χ3n) is 8.74. The topological polar surface area (TPSA) is 54.8 Å². The van der Waals surface area contributed by atoms with Gasteiger partial charge in [0.15, 0.2) is 5.82 Å². The summed E-state index contributed by atoms with van der Waals surface area (Å²) in [7, 11) is 0. The van der Waals surface area contributed by atoms with E-state index in [-0.39, 0.29) is 0 Å². The van der Waals surface area contributed by atoms with Gasteiger partial charge in [0, 0.05) is 33.3 Å². The average molecular weight is 602 g/mol. The number of hydrogen-bond acceptors (Lipinski definition) is 5. The smallest absolute Gasteiger partial charge is 0.160 e. The number of hydrogen-bond donors (Lipinski definition) is 0. The van der Waals surface area contributed by atoms with Gasteiger partial charge in [-0.05, 0) is 65.0 Å². The van der Waals surface area contributed by atoms with Crippen LogP contribution in [-0.4, -0.2) is 19.9 Å². The molecule has 0 saturated heterocycles. The molecule has 1 aliphatic rings. The van der Waals surface area contributed by atoms with Gasteiger partial charge in [-0.2, -0.15) is 0 Å². The van der Waals surface area contributed by atoms with Crippen molar-refractivity contribution in [2.24, 2.45) is 0 Å². The Kier molecular flexibility index (Phi) is 6.39. The van der Waals surface area contributed by atoms with Gasteiger partial charge >= 0.3 is 0 Å². The minimum Gasteiger partial charge on any atom is -0.306 e. The molecule has 0 radical (unpaired) electrons. The highest BCUT2D eigenvalue weighted by molar-refractivity contribution is 6.14. The summed E-state index contributed by atoms with van der Waals surface area (Å²) in [5.41, 5.74) is 12.2. The lowest BCUT2D eigenvalue weighted by Gasteiger charge is -2.32. The lowest BCUT2D eigenvalue weighted by Crippen LogP contribution is -2.16. The maximum absolute atomic E-state index is 5.03. The summed E-state index contributed by atoms with van der Waals surface area (Å²) in [6, 6.07) is 52.6. The van der Waals surface area contributed by atoms with Crippen molar-refractivity contribution in [3.8, 4) is 56.3 Å². The van der Waals surface area contributed by atoms with Crippen molar-refractivity contribution >= 4 is 27.8 Å². The number of fused-ring (bicyclic) bond motifs is 2. The van der Waals surface area contributed by atoms with Crippen LogP contribution in [0.15, 0.2) is 164 Å². The second kappa shape index (κ2) is 11.2. The van der Waals surface area contributed by atoms with Gasteiger partial charge in [-0.25, -0.2) is 19.9 Å². The molecule has 0 N–H and O–H groups in total. The van der Waals surface area contributed by atoms with Crippen LogP contribution in [0.2, 0.25) is 0 Å². The Bertz CT molecular complexity index is 2330. The van der Waals surface area contributed by atoms with E-state index in [0.29, 0.717) is 5.82 Å². The van der Waals surface area contributed by atoms with Gasteiger partial charge in [0.05, 0.1) is 34.7 Å². The SMILES string of the molecule is c1ccc(-c2cc3c4c(cccc4c2)N(c2ccc(-c4nc(-c5ccccc5)cc(-c5ccccc5)n4)cc2)c2cncnc2-3)cc1. The fourth-order valence-corrected chi connectivity index (χ4v) is 6.53. The predicted molar refractivity (Wildman–Crippen MR) is 191 cm³/mol. The molecule has 0 spiro atoms. The van der Waals surface area contributed by atoms with Gasteiger partial charge in [0.2, 0.25) is 0 Å². The number of benzene rings is 6. The van der Waals surface area contributed by atoms with Crippen LogP contribution in [0, 0.1) is 0 Å². The van der Waals surface area contributed by atoms with Gasteiger partial charge < -0.3 is 4.90 Å². The van der Waals surface area contributed by atoms with E-state index in [4.69, 9.17) is 15.0 Å². The fraction of sp³-hybridized carbons (Fsp3) is 0. The zero-order valence-electron chi connectivity index (χ0n) is 25.3. The highest BCUT2D eigenvalue weighted by Gasteiger charge is 2.28. The van der Waals surface area contributed by atoms with Crippen LogP contribution in [0.5, 0.6) is 0 Å². The number of aromatic nitrogens is 4. The Morgan fingerprint density at radius 3 is 1.77 bits per heavy atom. The lowest BCUT2D eigenvalue weighted by molar-refractivity contribution is 1.13. The molecule has 0 fully saturated rings. The highest BCUT2D eigenvalue weighted by atomic mass is 15.2. The fourth-order valence-electron chi connectivity index (χ4n) is 6.53. The lowest BCUT2D eigenvalue weighted by atomic mass is 9.90. The van der Waals surface area contributed by atoms with Crippen molar-refractivity contribution in [1.82, 2.24) is 19.9 Å². The van der Waals surface area contributed by atoms with Crippen molar-refractivity contribution in [3.63, 3.8) is 0 Å². The van der Waals surface area contributed by atoms with Crippen molar-refractivity contribution in [2.45, 2.75) is 0 Å². The normalized spacial score (nSPS) is 11.8. The number of rotatable bonds is 5. The summed E-state index contributed by atoms with van der Waals surface area (Å²) >= 11 is 0. The van der Waals surface area contributed by atoms with Crippen LogP contribution in [-0.2, 0) is 0 Å². The monoisotopic (exact) mass is 601 g/mol. The van der Waals surface area contributed by atoms with Gasteiger partial charge in [-0.3, -0.25) is 0 Å². The Labute approximate surface area is 272 Å². The standard InChI is InChI=1S/C42H27N5/c1-4-11-28(12-5-1)33-23-32-17-10-18-38-40(32)35(24-33)41-39(26-43-27-44-41)47(38)34-21-19-31(20-22-34)42-45-36(29-13-6-2-7-14-29)25-37(46-42)30-15-8-3-9-16-30/h1-27H. The molecule has 0 unspecified atom stereocenters. The van der Waals surface area contributed by atoms with E-state index < -0.39 is 0 Å². The average Bonchev–Trinajstić information content (AvgIpc) is 3.16. The zero-order valence-corrected chi connectivity index (χ0v) is 25.3. The van der Waals surface area contributed by atoms with E-state index in [1.807, 2.05) is 48.7 Å². The van der Waals surface area contributed by atoms with E-state index in [0.717, 1.165) is 56.4 Å². The van der Waals surface area contributed by atoms with Gasteiger partial charge in [-0.1, -0.05) is 103 Å². The number of anilines is 3. The van der Waals surface area contributed by atoms with Crippen molar-refractivity contribution in [2.75, 3.05) is 4.90 Å². The summed E-state index contributed by atoms with van der Waals surface area (Å²) in [5, 5.41) is 2.35. The summed E-state index contributed by atoms with van der Waals surface area (Å²) < 4.78 is 0. The molecule has 0 amide bonds. The molecule has 0 bridgehead atoms. The second-order valence-corrected chi connectivity index (χ2v) is 11.6. The van der Waals surface area contributed by atoms with E-state index in [1.54, 1.807) is 6.33 Å². The Balaban J connectivity index is 1.17. The first-order valence-electron chi connectivity index (χ1n) is 15.6. The summed E-state index contributed by atoms with van der Waals surface area (Å²) in [5.74, 6) is 0.681. The van der Waals surface area contributed by atoms with Crippen LogP contribution in [0.3, 0.4) is 0 Å². The molecule has 0 aliphatic carbocycles. The molecule has 3 heterocycles. The predicted octanol–water partition coefficient (Wildman–Crippen LogP) is 10.5. The van der Waals surface area contributed by atoms with Crippen molar-refractivity contribution in [3.05, 3.63) is 164 Å². The van der Waals surface area contributed by atoms with E-state index in [1.165, 1.54) is 21.9 Å². The van der Waals surface area contributed by atoms with Crippen LogP contribution in [0.4, 0.5) is 17.1 Å². The van der Waals surface area contributed by atoms with Crippen LogP contribution in [0.1, 0.15) is 0 Å². The Morgan fingerprint density at radius 2 is 1.11 bits per heavy atom. The summed E-state index contributed by atoms with van der Waals surface area (Å²) in [4.78, 5) is 21.6. The molecule has 5 heteroatoms. The zero-order chi connectivity index (χ0) is 31.2. The molecule has 0 saturated carbocycles. The van der Waals surface area contributed by atoms with Crippen LogP contribution >= 0.6 is 0 Å². The van der Waals surface area contributed by atoms with Gasteiger partial charge in [0.1, 0.15) is 6.33 Å². The maximum atomic E-state index is 5.03. The molecular weight excluding hydrogens is 574 g/mol. The molecule has 47 heavy (non-hydrogen) atoms. The molecule has 0 atom stereocenters. The van der Waals surface area contributed by atoms with E-state index >= 15 is 0 Å². The van der Waals surface area contributed by atoms with Crippen LogP contribution in [0.25, 0.3) is 67.1 Å². The van der Waals surface area contributed by atoms with Crippen LogP contribution < -0.4 is 4.90 Å². The molecule has 9 rings (SSSR count). The maximum Gasteiger partial charge on any atom is 0.160 e. The number of nitrogens with zero attached hydrogens (tertiary/aromatic N) is 5. The quantitative estimate of drug-likeness (QED) is 0.196. The molecule has 5 nitrogen and oxygen atoms in total. The minimum atomic E-state index is 0.681. The summed E-state index contributed by atoms with van der Waals surface area (Å²) in [6.07, 6.45) is 3.54. The van der Waals surface area contributed by atoms with Crippen molar-refractivity contribution < 1.29 is 0 Å². The van der Waals surface area contributed by atoms with E-state index in [2.05, 4.69) is 119 Å². The third kappa shape index (κ3) is 4.73. The molecule has 8 aromatic rings. The minimum absolute atomic E-state index is 0.681. The first-order valence-corrected chi connectivity index (χ1v) is 15.6. The van der Waals surface area contributed by atoms with Gasteiger partial charge in [-0.15, -0.1) is 0 Å². The first-order chi connectivity index (χ1) is 23.3. The molecule has 220 valence electrons. The first kappa shape index (κ1) is 26.9. The third-order valence-corrected chi connectivity index (χ3v) is 8.74. The summed E-state index contributed by atoms with van der Waals surface area (Å²) in [6.45, 7) is 0. The highest BCUT2D eigenvalue weighted by Crippen LogP contribution is 2.50. The van der Waals surface area contributed by atoms with Gasteiger partial charge in [0.25, 0.3) is 0 Å². The molecule has 1 aliphatic heterocycles. The second-order valence-electron chi connectivity index (χ2n) is 11.6. The Hall–Kier alpha value is -6.46. The largest absolute Gasteiger partial charge is 0.306 e. The molecule has 6 aromatic carbocycles. The molecular formula is C42H27N5. The van der Waals surface area contributed by atoms with E-state index in [9.17, 15) is 0 Å². The van der Waals surface area contributed by atoms with Crippen molar-refractivity contribution in [1.29, 1.82) is 0 Å². The Morgan fingerprint density at radius 1 is 0.468 bits per heavy atom. The molecule has 2 aromatic heterocycles.